The third-order valence-corrected chi connectivity index (χ3v) is 3.64. The van der Waals surface area contributed by atoms with Crippen molar-refractivity contribution in [1.82, 2.24) is 9.97 Å². The molecule has 0 atom stereocenters. The van der Waals surface area contributed by atoms with Crippen molar-refractivity contribution in [3.05, 3.63) is 41.6 Å². The van der Waals surface area contributed by atoms with Gasteiger partial charge in [-0.15, -0.1) is 0 Å². The Hall–Kier alpha value is -2.61. The Morgan fingerprint density at radius 1 is 1.33 bits per heavy atom. The number of amides is 1. The maximum atomic E-state index is 11.3. The van der Waals surface area contributed by atoms with Gasteiger partial charge in [-0.05, 0) is 24.1 Å². The van der Waals surface area contributed by atoms with Crippen LogP contribution in [0.5, 0.6) is 0 Å². The van der Waals surface area contributed by atoms with Crippen molar-refractivity contribution in [3.63, 3.8) is 0 Å². The van der Waals surface area contributed by atoms with Crippen LogP contribution in [0.1, 0.15) is 29.8 Å². The van der Waals surface area contributed by atoms with Gasteiger partial charge >= 0.3 is 0 Å². The molecule has 0 saturated heterocycles. The number of nitrogens with zero attached hydrogens (tertiary/aromatic N) is 2. The molecule has 0 unspecified atom stereocenters. The van der Waals surface area contributed by atoms with E-state index in [1.807, 2.05) is 38.1 Å². The SMILES string of the molecule is [B]CNc1nc(Nc2ccc(C(C)(C)CO)cc2)ncc1C(N)=O. The van der Waals surface area contributed by atoms with Crippen molar-refractivity contribution in [1.29, 1.82) is 0 Å². The van der Waals surface area contributed by atoms with E-state index >= 15 is 0 Å². The predicted octanol–water partition coefficient (Wildman–Crippen LogP) is 1.13. The molecule has 0 aliphatic rings. The Labute approximate surface area is 142 Å². The molecular formula is C16H20BN5O2. The number of aliphatic hydroxyl groups excluding tert-OH is 1. The molecule has 5 N–H and O–H groups in total. The highest BCUT2D eigenvalue weighted by atomic mass is 16.3. The lowest BCUT2D eigenvalue weighted by Gasteiger charge is -2.22. The van der Waals surface area contributed by atoms with E-state index in [0.29, 0.717) is 5.95 Å². The summed E-state index contributed by atoms with van der Waals surface area (Å²) < 4.78 is 0. The summed E-state index contributed by atoms with van der Waals surface area (Å²) in [5.41, 5.74) is 6.94. The van der Waals surface area contributed by atoms with E-state index in [1.165, 1.54) is 6.20 Å². The molecule has 0 spiro atoms. The standard InChI is InChI=1S/C16H20BN5O2/c1-16(2,8-23)10-3-5-11(6-4-10)21-15-19-7-12(13(18)24)14(22-15)20-9-17/h3-7,23H,8-9H2,1-2H3,(H2,18,24)(H2,19,20,21,22). The number of aromatic nitrogens is 2. The quantitative estimate of drug-likeness (QED) is 0.568. The van der Waals surface area contributed by atoms with Gasteiger partial charge in [0.05, 0.1) is 20.0 Å². The fraction of sp³-hybridized carbons (Fsp3) is 0.312. The second kappa shape index (κ2) is 7.31. The molecule has 0 fully saturated rings. The summed E-state index contributed by atoms with van der Waals surface area (Å²) in [5.74, 6) is -0.0428. The summed E-state index contributed by atoms with van der Waals surface area (Å²) in [6.45, 7) is 3.99. The maximum Gasteiger partial charge on any atom is 0.254 e. The van der Waals surface area contributed by atoms with Crippen LogP contribution in [0.15, 0.2) is 30.5 Å². The first-order chi connectivity index (χ1) is 11.4. The Balaban J connectivity index is 2.22. The van der Waals surface area contributed by atoms with Gasteiger partial charge in [-0.25, -0.2) is 4.98 Å². The van der Waals surface area contributed by atoms with E-state index in [0.717, 1.165) is 11.3 Å². The monoisotopic (exact) mass is 325 g/mol. The van der Waals surface area contributed by atoms with Gasteiger partial charge < -0.3 is 21.5 Å². The van der Waals surface area contributed by atoms with Crippen LogP contribution in [0.25, 0.3) is 0 Å². The number of benzene rings is 1. The number of anilines is 3. The lowest BCUT2D eigenvalue weighted by Crippen LogP contribution is -2.21. The molecule has 2 aromatic rings. The van der Waals surface area contributed by atoms with Crippen molar-refractivity contribution in [3.8, 4) is 0 Å². The van der Waals surface area contributed by atoms with E-state index < -0.39 is 5.91 Å². The summed E-state index contributed by atoms with van der Waals surface area (Å²) in [5, 5.41) is 15.2. The molecule has 0 bridgehead atoms. The molecule has 0 saturated carbocycles. The molecule has 1 amide bonds. The average Bonchev–Trinajstić information content (AvgIpc) is 2.55. The Morgan fingerprint density at radius 2 is 2.00 bits per heavy atom. The number of hydrogen-bond donors (Lipinski definition) is 4. The zero-order chi connectivity index (χ0) is 17.7. The van der Waals surface area contributed by atoms with Crippen LogP contribution in [-0.2, 0) is 5.41 Å². The van der Waals surface area contributed by atoms with Gasteiger partial charge in [-0.3, -0.25) is 4.79 Å². The van der Waals surface area contributed by atoms with E-state index in [-0.39, 0.29) is 29.8 Å². The van der Waals surface area contributed by atoms with Gasteiger partial charge in [0.15, 0.2) is 0 Å². The number of carbonyl (C=O) groups is 1. The zero-order valence-corrected chi connectivity index (χ0v) is 13.7. The minimum Gasteiger partial charge on any atom is -0.395 e. The third kappa shape index (κ3) is 4.02. The molecule has 1 heterocycles. The Kier molecular flexibility index (Phi) is 5.40. The first kappa shape index (κ1) is 17.7. The van der Waals surface area contributed by atoms with Gasteiger partial charge in [0.25, 0.3) is 5.91 Å². The number of rotatable bonds is 7. The number of hydrogen-bond acceptors (Lipinski definition) is 6. The molecule has 2 radical (unpaired) electrons. The van der Waals surface area contributed by atoms with Gasteiger partial charge in [0.1, 0.15) is 5.82 Å². The van der Waals surface area contributed by atoms with Crippen LogP contribution >= 0.6 is 0 Å². The highest BCUT2D eigenvalue weighted by molar-refractivity contribution is 6.10. The van der Waals surface area contributed by atoms with Crippen LogP contribution in [0, 0.1) is 0 Å². The minimum atomic E-state index is -0.631. The summed E-state index contributed by atoms with van der Waals surface area (Å²) >= 11 is 0. The Bertz CT molecular complexity index is 719. The van der Waals surface area contributed by atoms with Crippen molar-refractivity contribution in [2.45, 2.75) is 19.3 Å². The zero-order valence-electron chi connectivity index (χ0n) is 13.7. The second-order valence-corrected chi connectivity index (χ2v) is 5.95. The Morgan fingerprint density at radius 3 is 2.54 bits per heavy atom. The van der Waals surface area contributed by atoms with Crippen LogP contribution in [0.2, 0.25) is 0 Å². The molecule has 2 rings (SSSR count). The fourth-order valence-electron chi connectivity index (χ4n) is 2.08. The molecular weight excluding hydrogens is 305 g/mol. The molecule has 1 aromatic carbocycles. The molecule has 1 aromatic heterocycles. The fourth-order valence-corrected chi connectivity index (χ4v) is 2.08. The smallest absolute Gasteiger partial charge is 0.254 e. The summed E-state index contributed by atoms with van der Waals surface area (Å²) in [6.07, 6.45) is 1.46. The largest absolute Gasteiger partial charge is 0.395 e. The third-order valence-electron chi connectivity index (χ3n) is 3.64. The second-order valence-electron chi connectivity index (χ2n) is 5.95. The van der Waals surface area contributed by atoms with E-state index in [4.69, 9.17) is 13.6 Å². The average molecular weight is 325 g/mol. The summed E-state index contributed by atoms with van der Waals surface area (Å²) in [4.78, 5) is 19.6. The maximum absolute atomic E-state index is 11.3. The topological polar surface area (TPSA) is 113 Å². The van der Waals surface area contributed by atoms with Crippen LogP contribution in [-0.4, -0.2) is 41.9 Å². The highest BCUT2D eigenvalue weighted by Gasteiger charge is 2.19. The molecule has 0 aliphatic carbocycles. The van der Waals surface area contributed by atoms with Gasteiger partial charge in [0.2, 0.25) is 5.95 Å². The number of nitrogens with one attached hydrogen (secondary N) is 2. The molecule has 124 valence electrons. The van der Waals surface area contributed by atoms with Crippen LogP contribution < -0.4 is 16.4 Å². The number of carbonyl (C=O) groups excluding carboxylic acids is 1. The van der Waals surface area contributed by atoms with Crippen LogP contribution in [0.3, 0.4) is 0 Å². The van der Waals surface area contributed by atoms with Crippen LogP contribution in [0.4, 0.5) is 17.5 Å². The van der Waals surface area contributed by atoms with Crippen molar-refractivity contribution in [2.24, 2.45) is 5.73 Å². The number of primary amides is 1. The predicted molar refractivity (Wildman–Crippen MR) is 94.6 cm³/mol. The highest BCUT2D eigenvalue weighted by Crippen LogP contribution is 2.25. The molecule has 8 heteroatoms. The lowest BCUT2D eigenvalue weighted by atomic mass is 9.86. The van der Waals surface area contributed by atoms with Gasteiger partial charge in [0, 0.05) is 17.3 Å². The first-order valence-corrected chi connectivity index (χ1v) is 7.46. The normalized spacial score (nSPS) is 11.1. The summed E-state index contributed by atoms with van der Waals surface area (Å²) in [6, 6.07) is 7.59. The van der Waals surface area contributed by atoms with Crippen molar-refractivity contribution < 1.29 is 9.90 Å². The molecule has 7 nitrogen and oxygen atoms in total. The lowest BCUT2D eigenvalue weighted by molar-refractivity contribution is 0.100. The first-order valence-electron chi connectivity index (χ1n) is 7.46. The molecule has 0 aliphatic heterocycles. The van der Waals surface area contributed by atoms with E-state index in [1.54, 1.807) is 0 Å². The van der Waals surface area contributed by atoms with Crippen molar-refractivity contribution >= 4 is 31.2 Å². The van der Waals surface area contributed by atoms with Gasteiger partial charge in [-0.2, -0.15) is 4.98 Å². The van der Waals surface area contributed by atoms with E-state index in [9.17, 15) is 9.90 Å². The number of aliphatic hydroxyl groups is 1. The van der Waals surface area contributed by atoms with Crippen molar-refractivity contribution in [2.75, 3.05) is 23.7 Å². The van der Waals surface area contributed by atoms with E-state index in [2.05, 4.69) is 20.6 Å². The summed E-state index contributed by atoms with van der Waals surface area (Å²) in [7, 11) is 5.44. The molecule has 24 heavy (non-hydrogen) atoms. The van der Waals surface area contributed by atoms with Gasteiger partial charge in [-0.1, -0.05) is 26.0 Å². The number of nitrogens with two attached hydrogens (primary N) is 1. The minimum absolute atomic E-state index is 0.0611.